The third-order valence-electron chi connectivity index (χ3n) is 5.12. The molecule has 1 aromatic carbocycles. The summed E-state index contributed by atoms with van der Waals surface area (Å²) in [6, 6.07) is 5.58. The highest BCUT2D eigenvalue weighted by Gasteiger charge is 2.41. The van der Waals surface area contributed by atoms with Crippen molar-refractivity contribution < 1.29 is 22.3 Å². The number of rotatable bonds is 5. The lowest BCUT2D eigenvalue weighted by Crippen LogP contribution is -2.44. The van der Waals surface area contributed by atoms with E-state index in [1.54, 1.807) is 28.9 Å². The number of hydrogen-bond acceptors (Lipinski definition) is 10. The number of nitrogens with zero attached hydrogens (tertiary/aromatic N) is 7. The van der Waals surface area contributed by atoms with E-state index in [2.05, 4.69) is 35.1 Å². The van der Waals surface area contributed by atoms with Crippen LogP contribution in [0.2, 0.25) is 0 Å². The van der Waals surface area contributed by atoms with Crippen LogP contribution in [0.4, 0.5) is 23.4 Å². The van der Waals surface area contributed by atoms with Crippen LogP contribution in [-0.2, 0) is 5.67 Å². The van der Waals surface area contributed by atoms with Crippen molar-refractivity contribution >= 4 is 28.5 Å². The van der Waals surface area contributed by atoms with E-state index in [4.69, 9.17) is 0 Å². The molecule has 0 spiro atoms. The molecule has 176 valence electrons. The standard InChI is InChI=1S/C20H15F4N7OS2/c21-19(18-30-29-16(34-18)12-4-1-2-5-14(12)32-20(22,23)24)6-3-7-31(10-19)15-9-25-8-13(27-15)17-28-26-11-33-17/h1-2,4-5,8-9,11H,3,6-7,10H2. The average Bonchev–Trinajstić information content (AvgIpc) is 3.52. The molecule has 1 aliphatic rings. The maximum Gasteiger partial charge on any atom is 0.573 e. The Labute approximate surface area is 198 Å². The fourth-order valence-corrected chi connectivity index (χ4v) is 5.13. The predicted octanol–water partition coefficient (Wildman–Crippen LogP) is 4.88. The first-order valence-electron chi connectivity index (χ1n) is 10.0. The summed E-state index contributed by atoms with van der Waals surface area (Å²) in [4.78, 5) is 10.5. The maximum atomic E-state index is 16.1. The number of halogens is 4. The van der Waals surface area contributed by atoms with Crippen LogP contribution >= 0.6 is 22.7 Å². The van der Waals surface area contributed by atoms with Crippen LogP contribution in [0.1, 0.15) is 17.8 Å². The van der Waals surface area contributed by atoms with E-state index in [1.807, 2.05) is 0 Å². The molecular formula is C20H15F4N7OS2. The van der Waals surface area contributed by atoms with Crippen molar-refractivity contribution in [1.29, 1.82) is 0 Å². The van der Waals surface area contributed by atoms with Gasteiger partial charge in [0, 0.05) is 6.54 Å². The van der Waals surface area contributed by atoms with Gasteiger partial charge in [-0.1, -0.05) is 34.8 Å². The molecule has 5 rings (SSSR count). The molecular weight excluding hydrogens is 494 g/mol. The van der Waals surface area contributed by atoms with Gasteiger partial charge in [-0.3, -0.25) is 4.98 Å². The number of piperidine rings is 1. The Kier molecular flexibility index (Phi) is 5.85. The molecule has 0 amide bonds. The minimum atomic E-state index is -4.86. The van der Waals surface area contributed by atoms with Crippen LogP contribution in [0.25, 0.3) is 21.3 Å². The molecule has 34 heavy (non-hydrogen) atoms. The number of para-hydroxylation sites is 1. The Balaban J connectivity index is 1.40. The summed E-state index contributed by atoms with van der Waals surface area (Å²) >= 11 is 2.22. The van der Waals surface area contributed by atoms with Crippen molar-refractivity contribution in [2.24, 2.45) is 0 Å². The molecule has 0 saturated carbocycles. The highest BCUT2D eigenvalue weighted by molar-refractivity contribution is 7.14. The van der Waals surface area contributed by atoms with Crippen molar-refractivity contribution in [2.75, 3.05) is 18.0 Å². The van der Waals surface area contributed by atoms with Gasteiger partial charge >= 0.3 is 6.36 Å². The first-order chi connectivity index (χ1) is 16.3. The summed E-state index contributed by atoms with van der Waals surface area (Å²) in [7, 11) is 0. The van der Waals surface area contributed by atoms with Crippen molar-refractivity contribution in [2.45, 2.75) is 24.9 Å². The molecule has 4 aromatic rings. The largest absolute Gasteiger partial charge is 0.573 e. The van der Waals surface area contributed by atoms with E-state index >= 15 is 4.39 Å². The molecule has 0 bridgehead atoms. The quantitative estimate of drug-likeness (QED) is 0.352. The first-order valence-corrected chi connectivity index (χ1v) is 11.7. The third-order valence-corrected chi connectivity index (χ3v) is 6.97. The van der Waals surface area contributed by atoms with Gasteiger partial charge in [-0.2, -0.15) is 0 Å². The number of benzene rings is 1. The molecule has 1 saturated heterocycles. The third kappa shape index (κ3) is 4.68. The van der Waals surface area contributed by atoms with Crippen LogP contribution in [0.15, 0.2) is 42.2 Å². The number of hydrogen-bond donors (Lipinski definition) is 0. The topological polar surface area (TPSA) is 89.8 Å². The minimum absolute atomic E-state index is 0.0451. The molecule has 0 radical (unpaired) electrons. The Morgan fingerprint density at radius 2 is 1.91 bits per heavy atom. The molecule has 4 heterocycles. The molecule has 0 aliphatic carbocycles. The lowest BCUT2D eigenvalue weighted by molar-refractivity contribution is -0.274. The van der Waals surface area contributed by atoms with E-state index in [1.165, 1.54) is 29.5 Å². The fourth-order valence-electron chi connectivity index (χ4n) is 3.65. The van der Waals surface area contributed by atoms with Crippen molar-refractivity contribution in [1.82, 2.24) is 30.4 Å². The summed E-state index contributed by atoms with van der Waals surface area (Å²) < 4.78 is 58.5. The highest BCUT2D eigenvalue weighted by atomic mass is 32.1. The summed E-state index contributed by atoms with van der Waals surface area (Å²) in [6.07, 6.45) is -1.04. The lowest BCUT2D eigenvalue weighted by Gasteiger charge is -2.36. The minimum Gasteiger partial charge on any atom is -0.405 e. The SMILES string of the molecule is FC(F)(F)Oc1ccccc1-c1nnc(C2(F)CCCN(c3cncc(-c4nncs4)n3)C2)s1. The predicted molar refractivity (Wildman–Crippen MR) is 117 cm³/mol. The van der Waals surface area contributed by atoms with Crippen LogP contribution in [0, 0.1) is 0 Å². The van der Waals surface area contributed by atoms with E-state index in [0.29, 0.717) is 29.5 Å². The van der Waals surface area contributed by atoms with Crippen molar-refractivity contribution in [3.05, 3.63) is 47.2 Å². The summed E-state index contributed by atoms with van der Waals surface area (Å²) in [5, 5.41) is 16.6. The maximum absolute atomic E-state index is 16.1. The zero-order valence-corrected chi connectivity index (χ0v) is 18.9. The van der Waals surface area contributed by atoms with Crippen molar-refractivity contribution in [3.8, 4) is 27.0 Å². The summed E-state index contributed by atoms with van der Waals surface area (Å²) in [6.45, 7) is 0.518. The van der Waals surface area contributed by atoms with Crippen LogP contribution < -0.4 is 9.64 Å². The normalized spacial score (nSPS) is 18.8. The average molecular weight is 510 g/mol. The Morgan fingerprint density at radius 3 is 2.71 bits per heavy atom. The molecule has 1 unspecified atom stereocenters. The van der Waals surface area contributed by atoms with Crippen molar-refractivity contribution in [3.63, 3.8) is 0 Å². The van der Waals surface area contributed by atoms with Gasteiger partial charge in [0.15, 0.2) is 20.7 Å². The molecule has 3 aromatic heterocycles. The molecule has 0 N–H and O–H groups in total. The van der Waals surface area contributed by atoms with Gasteiger partial charge in [0.2, 0.25) is 0 Å². The van der Waals surface area contributed by atoms with Gasteiger partial charge in [-0.25, -0.2) is 9.37 Å². The summed E-state index contributed by atoms with van der Waals surface area (Å²) in [5.74, 6) is 0.0720. The lowest BCUT2D eigenvalue weighted by atomic mass is 9.95. The number of anilines is 1. The molecule has 1 aliphatic heterocycles. The van der Waals surface area contributed by atoms with Gasteiger partial charge in [0.25, 0.3) is 0 Å². The second kappa shape index (κ2) is 8.83. The van der Waals surface area contributed by atoms with Crippen LogP contribution in [0.3, 0.4) is 0 Å². The van der Waals surface area contributed by atoms with Crippen LogP contribution in [0.5, 0.6) is 5.75 Å². The Bertz CT molecular complexity index is 1280. The second-order valence-corrected chi connectivity index (χ2v) is 9.26. The van der Waals surface area contributed by atoms with Gasteiger partial charge in [-0.05, 0) is 25.0 Å². The van der Waals surface area contributed by atoms with E-state index in [9.17, 15) is 13.2 Å². The van der Waals surface area contributed by atoms with Crippen LogP contribution in [-0.4, -0.2) is 49.8 Å². The van der Waals surface area contributed by atoms with E-state index in [-0.39, 0.29) is 28.5 Å². The van der Waals surface area contributed by atoms with E-state index < -0.39 is 17.8 Å². The second-order valence-electron chi connectivity index (χ2n) is 7.45. The number of alkyl halides is 4. The van der Waals surface area contributed by atoms with Gasteiger partial charge in [0.05, 0.1) is 24.5 Å². The number of ether oxygens (including phenoxy) is 1. The molecule has 8 nitrogen and oxygen atoms in total. The fraction of sp³-hybridized carbons (Fsp3) is 0.300. The monoisotopic (exact) mass is 509 g/mol. The van der Waals surface area contributed by atoms with Gasteiger partial charge in [-0.15, -0.1) is 33.6 Å². The smallest absolute Gasteiger partial charge is 0.405 e. The zero-order chi connectivity index (χ0) is 23.8. The first kappa shape index (κ1) is 22.5. The molecule has 1 fully saturated rings. The van der Waals surface area contributed by atoms with E-state index in [0.717, 1.165) is 11.3 Å². The highest BCUT2D eigenvalue weighted by Crippen LogP contribution is 2.42. The van der Waals surface area contributed by atoms with Gasteiger partial charge in [0.1, 0.15) is 22.8 Å². The Hall–Kier alpha value is -3.26. The molecule has 14 heteroatoms. The van der Waals surface area contributed by atoms with Gasteiger partial charge < -0.3 is 9.64 Å². The number of aromatic nitrogens is 6. The Morgan fingerprint density at radius 1 is 1.06 bits per heavy atom. The zero-order valence-electron chi connectivity index (χ0n) is 17.2. The summed E-state index contributed by atoms with van der Waals surface area (Å²) in [5.41, 5.74) is 0.362. The molecule has 1 atom stereocenters.